The van der Waals surface area contributed by atoms with Crippen molar-refractivity contribution in [3.05, 3.63) is 29.8 Å². The van der Waals surface area contributed by atoms with Gasteiger partial charge < -0.3 is 10.4 Å². The number of hydrogen-bond donors (Lipinski definition) is 3. The van der Waals surface area contributed by atoms with Gasteiger partial charge in [0, 0.05) is 0 Å². The van der Waals surface area contributed by atoms with Gasteiger partial charge in [0.25, 0.3) is 0 Å². The predicted octanol–water partition coefficient (Wildman–Crippen LogP) is 0.950. The summed E-state index contributed by atoms with van der Waals surface area (Å²) in [5.41, 5.74) is -0.426. The van der Waals surface area contributed by atoms with Crippen LogP contribution < -0.4 is 10.6 Å². The SMILES string of the molecule is CC(C)(NCC(=O)Nc1ccccc1C#N)C(=O)O. The highest BCUT2D eigenvalue weighted by atomic mass is 16.4. The minimum Gasteiger partial charge on any atom is -0.480 e. The van der Waals surface area contributed by atoms with Crippen molar-refractivity contribution in [3.63, 3.8) is 0 Å². The van der Waals surface area contributed by atoms with E-state index in [1.165, 1.54) is 13.8 Å². The Morgan fingerprint density at radius 3 is 2.58 bits per heavy atom. The third kappa shape index (κ3) is 4.08. The fourth-order valence-corrected chi connectivity index (χ4v) is 1.26. The Morgan fingerprint density at radius 2 is 2.00 bits per heavy atom. The maximum absolute atomic E-state index is 11.7. The van der Waals surface area contributed by atoms with Crippen molar-refractivity contribution in [2.45, 2.75) is 19.4 Å². The van der Waals surface area contributed by atoms with Gasteiger partial charge in [-0.05, 0) is 26.0 Å². The molecule has 0 aromatic heterocycles. The molecule has 1 aromatic rings. The van der Waals surface area contributed by atoms with E-state index in [9.17, 15) is 9.59 Å². The van der Waals surface area contributed by atoms with Gasteiger partial charge in [-0.3, -0.25) is 14.9 Å². The van der Waals surface area contributed by atoms with Crippen molar-refractivity contribution in [1.29, 1.82) is 5.26 Å². The fourth-order valence-electron chi connectivity index (χ4n) is 1.26. The lowest BCUT2D eigenvalue weighted by molar-refractivity contribution is -0.143. The van der Waals surface area contributed by atoms with Crippen molar-refractivity contribution in [3.8, 4) is 6.07 Å². The molecule has 6 heteroatoms. The molecule has 1 amide bonds. The number of carbonyl (C=O) groups is 2. The number of rotatable bonds is 5. The number of carboxylic acid groups (broad SMARTS) is 1. The highest BCUT2D eigenvalue weighted by Crippen LogP contribution is 2.13. The third-order valence-corrected chi connectivity index (χ3v) is 2.55. The van der Waals surface area contributed by atoms with Crippen LogP contribution >= 0.6 is 0 Å². The number of nitrogens with one attached hydrogen (secondary N) is 2. The lowest BCUT2D eigenvalue weighted by atomic mass is 10.1. The molecule has 0 aliphatic rings. The lowest BCUT2D eigenvalue weighted by Gasteiger charge is -2.20. The Morgan fingerprint density at radius 1 is 1.37 bits per heavy atom. The number of carboxylic acids is 1. The van der Waals surface area contributed by atoms with Gasteiger partial charge in [0.15, 0.2) is 0 Å². The molecule has 0 saturated heterocycles. The number of para-hydroxylation sites is 1. The van der Waals surface area contributed by atoms with Crippen LogP contribution in [-0.2, 0) is 9.59 Å². The fraction of sp³-hybridized carbons (Fsp3) is 0.308. The van der Waals surface area contributed by atoms with E-state index in [-0.39, 0.29) is 6.54 Å². The van der Waals surface area contributed by atoms with Crippen LogP contribution in [0.5, 0.6) is 0 Å². The van der Waals surface area contributed by atoms with Crippen LogP contribution in [0, 0.1) is 11.3 Å². The number of nitriles is 1. The third-order valence-electron chi connectivity index (χ3n) is 2.55. The predicted molar refractivity (Wildman–Crippen MR) is 69.5 cm³/mol. The summed E-state index contributed by atoms with van der Waals surface area (Å²) in [6.07, 6.45) is 0. The molecule has 0 aliphatic carbocycles. The molecule has 0 saturated carbocycles. The quantitative estimate of drug-likeness (QED) is 0.732. The number of nitrogens with zero attached hydrogens (tertiary/aromatic N) is 1. The second-order valence-corrected chi connectivity index (χ2v) is 4.49. The lowest BCUT2D eigenvalue weighted by Crippen LogP contribution is -2.49. The molecule has 0 atom stereocenters. The second kappa shape index (κ2) is 5.98. The molecule has 6 nitrogen and oxygen atoms in total. The summed E-state index contributed by atoms with van der Waals surface area (Å²) in [7, 11) is 0. The normalized spacial score (nSPS) is 10.6. The van der Waals surface area contributed by atoms with Crippen molar-refractivity contribution >= 4 is 17.6 Å². The van der Waals surface area contributed by atoms with Crippen molar-refractivity contribution in [1.82, 2.24) is 5.32 Å². The Balaban J connectivity index is 2.62. The van der Waals surface area contributed by atoms with E-state index < -0.39 is 17.4 Å². The average Bonchev–Trinajstić information content (AvgIpc) is 2.37. The largest absolute Gasteiger partial charge is 0.480 e. The van der Waals surface area contributed by atoms with Gasteiger partial charge >= 0.3 is 5.97 Å². The van der Waals surface area contributed by atoms with E-state index in [1.807, 2.05) is 6.07 Å². The summed E-state index contributed by atoms with van der Waals surface area (Å²) in [4.78, 5) is 22.5. The molecular weight excluding hydrogens is 246 g/mol. The Kier molecular flexibility index (Phi) is 4.62. The van der Waals surface area contributed by atoms with Crippen LogP contribution in [0.15, 0.2) is 24.3 Å². The monoisotopic (exact) mass is 261 g/mol. The smallest absolute Gasteiger partial charge is 0.323 e. The summed E-state index contributed by atoms with van der Waals surface area (Å²) in [6, 6.07) is 8.55. The zero-order valence-corrected chi connectivity index (χ0v) is 10.7. The summed E-state index contributed by atoms with van der Waals surface area (Å²) in [5, 5.41) is 22.9. The number of amides is 1. The molecule has 100 valence electrons. The summed E-state index contributed by atoms with van der Waals surface area (Å²) in [5.74, 6) is -1.45. The zero-order chi connectivity index (χ0) is 14.5. The van der Waals surface area contributed by atoms with Gasteiger partial charge in [-0.1, -0.05) is 12.1 Å². The number of benzene rings is 1. The first-order valence-corrected chi connectivity index (χ1v) is 5.64. The number of hydrogen-bond acceptors (Lipinski definition) is 4. The first-order valence-electron chi connectivity index (χ1n) is 5.64. The summed E-state index contributed by atoms with van der Waals surface area (Å²) in [6.45, 7) is 2.77. The van der Waals surface area contributed by atoms with Crippen molar-refractivity contribution in [2.24, 2.45) is 0 Å². The van der Waals surface area contributed by atoms with Crippen LogP contribution in [-0.4, -0.2) is 29.1 Å². The van der Waals surface area contributed by atoms with Gasteiger partial charge in [0.1, 0.15) is 11.6 Å². The van der Waals surface area contributed by atoms with Gasteiger partial charge in [-0.2, -0.15) is 5.26 Å². The molecular formula is C13H15N3O3. The highest BCUT2D eigenvalue weighted by molar-refractivity contribution is 5.94. The van der Waals surface area contributed by atoms with Crippen LogP contribution in [0.25, 0.3) is 0 Å². The van der Waals surface area contributed by atoms with Crippen LogP contribution in [0.4, 0.5) is 5.69 Å². The molecule has 0 bridgehead atoms. The van der Waals surface area contributed by atoms with Gasteiger partial charge in [-0.25, -0.2) is 0 Å². The maximum Gasteiger partial charge on any atom is 0.323 e. The number of anilines is 1. The van der Waals surface area contributed by atoms with Crippen LogP contribution in [0.1, 0.15) is 19.4 Å². The molecule has 0 spiro atoms. The summed E-state index contributed by atoms with van der Waals surface area (Å²) >= 11 is 0. The molecule has 3 N–H and O–H groups in total. The van der Waals surface area contributed by atoms with Gasteiger partial charge in [-0.15, -0.1) is 0 Å². The second-order valence-electron chi connectivity index (χ2n) is 4.49. The Hall–Kier alpha value is -2.39. The maximum atomic E-state index is 11.7. The van der Waals surface area contributed by atoms with E-state index in [2.05, 4.69) is 10.6 Å². The van der Waals surface area contributed by atoms with E-state index in [0.29, 0.717) is 11.3 Å². The molecule has 1 rings (SSSR count). The van der Waals surface area contributed by atoms with Gasteiger partial charge in [0.2, 0.25) is 5.91 Å². The molecule has 0 aliphatic heterocycles. The molecule has 0 unspecified atom stereocenters. The first kappa shape index (κ1) is 14.7. The molecule has 0 radical (unpaired) electrons. The zero-order valence-electron chi connectivity index (χ0n) is 10.7. The van der Waals surface area contributed by atoms with Crippen molar-refractivity contribution < 1.29 is 14.7 Å². The molecule has 19 heavy (non-hydrogen) atoms. The average molecular weight is 261 g/mol. The first-order chi connectivity index (χ1) is 8.86. The van der Waals surface area contributed by atoms with Gasteiger partial charge in [0.05, 0.1) is 17.8 Å². The molecule has 1 aromatic carbocycles. The van der Waals surface area contributed by atoms with E-state index in [1.54, 1.807) is 24.3 Å². The van der Waals surface area contributed by atoms with E-state index >= 15 is 0 Å². The Labute approximate surface area is 111 Å². The minimum atomic E-state index is -1.19. The standard InChI is InChI=1S/C13H15N3O3/c1-13(2,12(18)19)15-8-11(17)16-10-6-4-3-5-9(10)7-14/h3-6,15H,8H2,1-2H3,(H,16,17)(H,18,19). The minimum absolute atomic E-state index is 0.154. The van der Waals surface area contributed by atoms with Crippen molar-refractivity contribution in [2.75, 3.05) is 11.9 Å². The molecule has 0 fully saturated rings. The number of carbonyl (C=O) groups excluding carboxylic acids is 1. The van der Waals surface area contributed by atoms with Crippen LogP contribution in [0.2, 0.25) is 0 Å². The van der Waals surface area contributed by atoms with E-state index in [4.69, 9.17) is 10.4 Å². The van der Waals surface area contributed by atoms with E-state index in [0.717, 1.165) is 0 Å². The highest BCUT2D eigenvalue weighted by Gasteiger charge is 2.26. The van der Waals surface area contributed by atoms with Crippen LogP contribution in [0.3, 0.4) is 0 Å². The topological polar surface area (TPSA) is 102 Å². The number of aliphatic carboxylic acids is 1. The molecule has 0 heterocycles. The summed E-state index contributed by atoms with van der Waals surface area (Å²) < 4.78 is 0. The Bertz CT molecular complexity index is 532.